The van der Waals surface area contributed by atoms with Crippen LogP contribution in [0.25, 0.3) is 11.4 Å². The molecule has 1 aromatic carbocycles. The molecule has 2 heterocycles. The Morgan fingerprint density at radius 1 is 1.35 bits per heavy atom. The van der Waals surface area contributed by atoms with Gasteiger partial charge in [0.1, 0.15) is 0 Å². The van der Waals surface area contributed by atoms with Crippen LogP contribution in [0.2, 0.25) is 5.02 Å². The van der Waals surface area contributed by atoms with Crippen LogP contribution in [0.1, 0.15) is 25.7 Å². The average Bonchev–Trinajstić information content (AvgIpc) is 3.25. The van der Waals surface area contributed by atoms with Crippen molar-refractivity contribution in [1.82, 2.24) is 20.8 Å². The molecule has 1 aliphatic rings. The van der Waals surface area contributed by atoms with Crippen molar-refractivity contribution in [3.63, 3.8) is 0 Å². The third-order valence-corrected chi connectivity index (χ3v) is 5.92. The van der Waals surface area contributed by atoms with Crippen molar-refractivity contribution < 1.29 is 4.52 Å². The van der Waals surface area contributed by atoms with Gasteiger partial charge in [-0.1, -0.05) is 16.8 Å². The van der Waals surface area contributed by atoms with E-state index >= 15 is 0 Å². The normalized spacial score (nSPS) is 19.9. The number of thioether (sulfide) groups is 1. The molecule has 1 atom stereocenters. The molecule has 1 unspecified atom stereocenters. The van der Waals surface area contributed by atoms with Crippen molar-refractivity contribution in [2.45, 2.75) is 31.1 Å². The van der Waals surface area contributed by atoms with Crippen LogP contribution in [-0.2, 0) is 6.54 Å². The summed E-state index contributed by atoms with van der Waals surface area (Å²) in [4.78, 5) is 8.65. The molecule has 142 valence electrons. The lowest BCUT2D eigenvalue weighted by molar-refractivity contribution is 0.375. The van der Waals surface area contributed by atoms with E-state index in [-0.39, 0.29) is 28.7 Å². The zero-order valence-corrected chi connectivity index (χ0v) is 18.7. The largest absolute Gasteiger partial charge is 0.355 e. The van der Waals surface area contributed by atoms with Crippen LogP contribution >= 0.6 is 47.3 Å². The maximum atomic E-state index is 5.90. The van der Waals surface area contributed by atoms with Gasteiger partial charge in [0.25, 0.3) is 0 Å². The Bertz CT molecular complexity index is 731. The Hall–Kier alpha value is -1.000. The fourth-order valence-corrected chi connectivity index (χ4v) is 4.04. The first kappa shape index (κ1) is 21.3. The highest BCUT2D eigenvalue weighted by Gasteiger charge is 2.29. The summed E-state index contributed by atoms with van der Waals surface area (Å²) in [5.41, 5.74) is 0.869. The zero-order chi connectivity index (χ0) is 17.7. The highest BCUT2D eigenvalue weighted by atomic mass is 127. The van der Waals surface area contributed by atoms with Crippen molar-refractivity contribution in [3.05, 3.63) is 35.2 Å². The molecule has 1 aromatic heterocycles. The van der Waals surface area contributed by atoms with Crippen molar-refractivity contribution in [2.24, 2.45) is 4.99 Å². The number of nitrogens with one attached hydrogen (secondary N) is 2. The number of nitrogens with zero attached hydrogens (tertiary/aromatic N) is 3. The quantitative estimate of drug-likeness (QED) is 0.363. The molecule has 6 nitrogen and oxygen atoms in total. The third-order valence-electron chi connectivity index (χ3n) is 4.13. The average molecular weight is 508 g/mol. The number of aliphatic imine (C=N–C) groups is 1. The van der Waals surface area contributed by atoms with Crippen LogP contribution in [0.5, 0.6) is 0 Å². The van der Waals surface area contributed by atoms with Gasteiger partial charge >= 0.3 is 0 Å². The molecule has 26 heavy (non-hydrogen) atoms. The molecule has 0 radical (unpaired) electrons. The Morgan fingerprint density at radius 2 is 2.12 bits per heavy atom. The molecule has 9 heteroatoms. The Morgan fingerprint density at radius 3 is 2.77 bits per heavy atom. The minimum Gasteiger partial charge on any atom is -0.355 e. The fraction of sp³-hybridized carbons (Fsp3) is 0.471. The molecule has 0 aliphatic carbocycles. The van der Waals surface area contributed by atoms with Gasteiger partial charge in [-0.05, 0) is 49.8 Å². The van der Waals surface area contributed by atoms with Crippen molar-refractivity contribution >= 4 is 53.3 Å². The van der Waals surface area contributed by atoms with Crippen LogP contribution in [0.3, 0.4) is 0 Å². The topological polar surface area (TPSA) is 75.3 Å². The summed E-state index contributed by atoms with van der Waals surface area (Å²) in [7, 11) is 1.76. The van der Waals surface area contributed by atoms with Gasteiger partial charge in [-0.2, -0.15) is 16.7 Å². The lowest BCUT2D eigenvalue weighted by Crippen LogP contribution is -2.43. The summed E-state index contributed by atoms with van der Waals surface area (Å²) in [6.07, 6.45) is 2.51. The number of aromatic nitrogens is 2. The van der Waals surface area contributed by atoms with Crippen LogP contribution in [0.4, 0.5) is 0 Å². The number of guanidine groups is 1. The number of hydrogen-bond acceptors (Lipinski definition) is 5. The number of rotatable bonds is 5. The predicted octanol–water partition coefficient (Wildman–Crippen LogP) is 3.96. The zero-order valence-electron chi connectivity index (χ0n) is 14.8. The monoisotopic (exact) mass is 507 g/mol. The maximum Gasteiger partial charge on any atom is 0.246 e. The predicted molar refractivity (Wildman–Crippen MR) is 118 cm³/mol. The lowest BCUT2D eigenvalue weighted by atomic mass is 10.1. The van der Waals surface area contributed by atoms with E-state index in [9.17, 15) is 0 Å². The minimum atomic E-state index is 0. The van der Waals surface area contributed by atoms with Gasteiger partial charge < -0.3 is 15.2 Å². The summed E-state index contributed by atoms with van der Waals surface area (Å²) < 4.78 is 5.58. The van der Waals surface area contributed by atoms with Crippen molar-refractivity contribution in [3.8, 4) is 11.4 Å². The van der Waals surface area contributed by atoms with E-state index in [2.05, 4.69) is 32.7 Å². The van der Waals surface area contributed by atoms with Crippen LogP contribution in [0, 0.1) is 0 Å². The minimum absolute atomic E-state index is 0. The van der Waals surface area contributed by atoms with E-state index in [1.165, 1.54) is 18.6 Å². The highest BCUT2D eigenvalue weighted by molar-refractivity contribution is 14.0. The molecular weight excluding hydrogens is 485 g/mol. The van der Waals surface area contributed by atoms with Gasteiger partial charge in [0, 0.05) is 28.9 Å². The molecule has 0 saturated carbocycles. The molecule has 1 saturated heterocycles. The smallest absolute Gasteiger partial charge is 0.246 e. The molecule has 3 rings (SSSR count). The van der Waals surface area contributed by atoms with E-state index in [1.807, 2.05) is 23.9 Å². The number of hydrogen-bond donors (Lipinski definition) is 2. The van der Waals surface area contributed by atoms with Crippen LogP contribution < -0.4 is 10.6 Å². The van der Waals surface area contributed by atoms with E-state index < -0.39 is 0 Å². The van der Waals surface area contributed by atoms with E-state index in [0.717, 1.165) is 18.1 Å². The van der Waals surface area contributed by atoms with Crippen molar-refractivity contribution in [2.75, 3.05) is 19.3 Å². The SMILES string of the molecule is CN=C(NCc1nc(-c2ccc(Cl)cc2)no1)NCC1(C)CCCS1.I. The van der Waals surface area contributed by atoms with Crippen LogP contribution in [0.15, 0.2) is 33.8 Å². The number of benzene rings is 1. The van der Waals surface area contributed by atoms with Gasteiger partial charge in [-0.3, -0.25) is 4.99 Å². The second kappa shape index (κ2) is 9.80. The summed E-state index contributed by atoms with van der Waals surface area (Å²) in [6.45, 7) is 3.60. The molecular formula is C17H23ClIN5OS. The summed E-state index contributed by atoms with van der Waals surface area (Å²) >= 11 is 7.91. The van der Waals surface area contributed by atoms with E-state index in [1.54, 1.807) is 19.2 Å². The fourth-order valence-electron chi connectivity index (χ4n) is 2.67. The van der Waals surface area contributed by atoms with Gasteiger partial charge in [0.15, 0.2) is 5.96 Å². The Labute approximate surface area is 180 Å². The van der Waals surface area contributed by atoms with Crippen LogP contribution in [-0.4, -0.2) is 40.2 Å². The molecule has 2 N–H and O–H groups in total. The Balaban J connectivity index is 0.00000243. The standard InChI is InChI=1S/C17H22ClN5OS.HI/c1-17(8-3-9-25-17)11-21-16(19-2)20-10-14-22-15(23-24-14)12-4-6-13(18)7-5-12;/h4-7H,3,8-11H2,1-2H3,(H2,19,20,21);1H. The second-order valence-corrected chi connectivity index (χ2v) is 8.32. The third kappa shape index (κ3) is 5.75. The Kier molecular flexibility index (Phi) is 8.03. The molecule has 1 aliphatic heterocycles. The van der Waals surface area contributed by atoms with Gasteiger partial charge in [0.05, 0.1) is 6.54 Å². The first-order valence-electron chi connectivity index (χ1n) is 8.25. The molecule has 2 aromatic rings. The lowest BCUT2D eigenvalue weighted by Gasteiger charge is -2.24. The summed E-state index contributed by atoms with van der Waals surface area (Å²) in [5.74, 6) is 3.03. The molecule has 0 amide bonds. The van der Waals surface area contributed by atoms with Gasteiger partial charge in [-0.25, -0.2) is 0 Å². The molecule has 1 fully saturated rings. The summed E-state index contributed by atoms with van der Waals surface area (Å²) in [5, 5.41) is 11.3. The van der Waals surface area contributed by atoms with E-state index in [0.29, 0.717) is 23.3 Å². The first-order chi connectivity index (χ1) is 12.1. The van der Waals surface area contributed by atoms with Gasteiger partial charge in [0.2, 0.25) is 11.7 Å². The van der Waals surface area contributed by atoms with Gasteiger partial charge in [-0.15, -0.1) is 24.0 Å². The highest BCUT2D eigenvalue weighted by Crippen LogP contribution is 2.36. The number of halogens is 2. The maximum absolute atomic E-state index is 5.90. The molecule has 0 bridgehead atoms. The first-order valence-corrected chi connectivity index (χ1v) is 9.61. The second-order valence-electron chi connectivity index (χ2n) is 6.20. The van der Waals surface area contributed by atoms with E-state index in [4.69, 9.17) is 16.1 Å². The molecule has 0 spiro atoms. The van der Waals surface area contributed by atoms with Crippen molar-refractivity contribution in [1.29, 1.82) is 0 Å². The summed E-state index contributed by atoms with van der Waals surface area (Å²) in [6, 6.07) is 7.34.